The summed E-state index contributed by atoms with van der Waals surface area (Å²) in [7, 11) is 1.90. The van der Waals surface area contributed by atoms with Crippen LogP contribution in [-0.2, 0) is 11.8 Å². The SMILES string of the molecule is Cn1ccnc1-c1sc(NC(=O)c2ccccc2OCC(N)=O)nc1-c1ccccc1. The summed E-state index contributed by atoms with van der Waals surface area (Å²) in [5, 5.41) is 3.26. The van der Waals surface area contributed by atoms with E-state index in [1.165, 1.54) is 11.3 Å². The molecule has 0 aliphatic carbocycles. The number of carbonyl (C=O) groups is 2. The first kappa shape index (κ1) is 20.3. The van der Waals surface area contributed by atoms with Gasteiger partial charge < -0.3 is 15.0 Å². The number of hydrogen-bond acceptors (Lipinski definition) is 6. The molecule has 2 heterocycles. The van der Waals surface area contributed by atoms with E-state index in [0.717, 1.165) is 22.0 Å². The zero-order valence-electron chi connectivity index (χ0n) is 16.6. The Hall–Kier alpha value is -3.98. The molecular formula is C22H19N5O3S. The molecule has 156 valence electrons. The molecule has 8 nitrogen and oxygen atoms in total. The first-order chi connectivity index (χ1) is 15.0. The summed E-state index contributed by atoms with van der Waals surface area (Å²) in [5.41, 5.74) is 7.07. The van der Waals surface area contributed by atoms with E-state index in [9.17, 15) is 9.59 Å². The number of carbonyl (C=O) groups excluding carboxylic acids is 2. The van der Waals surface area contributed by atoms with Crippen molar-refractivity contribution in [2.45, 2.75) is 0 Å². The van der Waals surface area contributed by atoms with Gasteiger partial charge in [0, 0.05) is 25.0 Å². The van der Waals surface area contributed by atoms with Crippen LogP contribution in [0.15, 0.2) is 67.0 Å². The molecule has 4 aromatic rings. The van der Waals surface area contributed by atoms with Crippen LogP contribution in [-0.4, -0.2) is 33.0 Å². The fourth-order valence-electron chi connectivity index (χ4n) is 2.99. The van der Waals surface area contributed by atoms with Gasteiger partial charge in [-0.3, -0.25) is 14.9 Å². The van der Waals surface area contributed by atoms with Gasteiger partial charge in [-0.15, -0.1) is 0 Å². The van der Waals surface area contributed by atoms with Crippen molar-refractivity contribution in [3.63, 3.8) is 0 Å². The molecule has 4 rings (SSSR count). The van der Waals surface area contributed by atoms with E-state index >= 15 is 0 Å². The Morgan fingerprint density at radius 1 is 1.13 bits per heavy atom. The van der Waals surface area contributed by atoms with Gasteiger partial charge >= 0.3 is 0 Å². The van der Waals surface area contributed by atoms with E-state index in [2.05, 4.69) is 15.3 Å². The number of primary amides is 1. The van der Waals surface area contributed by atoms with Crippen molar-refractivity contribution in [3.05, 3.63) is 72.6 Å². The number of benzene rings is 2. The quantitative estimate of drug-likeness (QED) is 0.464. The molecule has 0 fully saturated rings. The monoisotopic (exact) mass is 433 g/mol. The second kappa shape index (κ2) is 8.80. The van der Waals surface area contributed by atoms with Gasteiger partial charge in [-0.2, -0.15) is 0 Å². The molecule has 0 unspecified atom stereocenters. The number of nitrogens with one attached hydrogen (secondary N) is 1. The Balaban J connectivity index is 1.67. The van der Waals surface area contributed by atoms with Crippen LogP contribution in [0.5, 0.6) is 5.75 Å². The third kappa shape index (κ3) is 4.46. The Morgan fingerprint density at radius 2 is 1.87 bits per heavy atom. The van der Waals surface area contributed by atoms with E-state index in [1.54, 1.807) is 30.5 Å². The zero-order chi connectivity index (χ0) is 21.8. The van der Waals surface area contributed by atoms with Crippen molar-refractivity contribution in [1.29, 1.82) is 0 Å². The number of aryl methyl sites for hydroxylation is 1. The van der Waals surface area contributed by atoms with Crippen LogP contribution in [0.1, 0.15) is 10.4 Å². The number of aromatic nitrogens is 3. The topological polar surface area (TPSA) is 112 Å². The summed E-state index contributed by atoms with van der Waals surface area (Å²) in [5.74, 6) is -0.00724. The number of imidazole rings is 1. The maximum atomic E-state index is 12.9. The molecule has 0 aliphatic heterocycles. The number of hydrogen-bond donors (Lipinski definition) is 2. The summed E-state index contributed by atoms with van der Waals surface area (Å²) in [6.45, 7) is -0.316. The van der Waals surface area contributed by atoms with Crippen molar-refractivity contribution in [2.75, 3.05) is 11.9 Å². The molecule has 0 spiro atoms. The molecular weight excluding hydrogens is 414 g/mol. The Bertz CT molecular complexity index is 1230. The summed E-state index contributed by atoms with van der Waals surface area (Å²) < 4.78 is 7.27. The molecule has 3 N–H and O–H groups in total. The third-order valence-electron chi connectivity index (χ3n) is 4.42. The smallest absolute Gasteiger partial charge is 0.261 e. The first-order valence-electron chi connectivity index (χ1n) is 9.38. The predicted molar refractivity (Wildman–Crippen MR) is 119 cm³/mol. The van der Waals surface area contributed by atoms with E-state index in [0.29, 0.717) is 5.13 Å². The van der Waals surface area contributed by atoms with Crippen molar-refractivity contribution >= 4 is 28.3 Å². The number of ether oxygens (including phenoxy) is 1. The average molecular weight is 433 g/mol. The number of para-hydroxylation sites is 1. The first-order valence-corrected chi connectivity index (χ1v) is 10.2. The summed E-state index contributed by atoms with van der Waals surface area (Å²) in [6, 6.07) is 16.3. The van der Waals surface area contributed by atoms with Crippen LogP contribution in [0.4, 0.5) is 5.13 Å². The highest BCUT2D eigenvalue weighted by Gasteiger charge is 2.20. The average Bonchev–Trinajstić information content (AvgIpc) is 3.38. The van der Waals surface area contributed by atoms with Crippen LogP contribution in [0.25, 0.3) is 22.0 Å². The van der Waals surface area contributed by atoms with Gasteiger partial charge in [-0.05, 0) is 12.1 Å². The standard InChI is InChI=1S/C22H19N5O3S/c1-27-12-11-24-20(27)19-18(14-7-3-2-4-8-14)25-22(31-19)26-21(29)15-9-5-6-10-16(15)30-13-17(23)28/h2-12H,13H2,1H3,(H2,23,28)(H,25,26,29). The molecule has 31 heavy (non-hydrogen) atoms. The molecule has 0 atom stereocenters. The molecule has 0 aliphatic rings. The predicted octanol–water partition coefficient (Wildman–Crippen LogP) is 3.33. The van der Waals surface area contributed by atoms with E-state index < -0.39 is 11.8 Å². The van der Waals surface area contributed by atoms with E-state index in [-0.39, 0.29) is 17.9 Å². The number of nitrogens with zero attached hydrogens (tertiary/aromatic N) is 3. The lowest BCUT2D eigenvalue weighted by atomic mass is 10.1. The highest BCUT2D eigenvalue weighted by Crippen LogP contribution is 2.38. The number of amides is 2. The van der Waals surface area contributed by atoms with Crippen molar-refractivity contribution in [1.82, 2.24) is 14.5 Å². The second-order valence-electron chi connectivity index (χ2n) is 6.63. The minimum atomic E-state index is -0.623. The lowest BCUT2D eigenvalue weighted by Crippen LogP contribution is -2.21. The van der Waals surface area contributed by atoms with Crippen molar-refractivity contribution < 1.29 is 14.3 Å². The van der Waals surface area contributed by atoms with Crippen LogP contribution >= 0.6 is 11.3 Å². The van der Waals surface area contributed by atoms with Crippen LogP contribution in [0.3, 0.4) is 0 Å². The third-order valence-corrected chi connectivity index (χ3v) is 5.39. The highest BCUT2D eigenvalue weighted by molar-refractivity contribution is 7.19. The number of nitrogens with two attached hydrogens (primary N) is 1. The Labute approximate surface area is 182 Å². The fraction of sp³-hybridized carbons (Fsp3) is 0.0909. The fourth-order valence-corrected chi connectivity index (χ4v) is 4.02. The molecule has 2 aromatic heterocycles. The van der Waals surface area contributed by atoms with Gasteiger partial charge in [0.05, 0.1) is 16.1 Å². The highest BCUT2D eigenvalue weighted by atomic mass is 32.1. The van der Waals surface area contributed by atoms with Crippen LogP contribution in [0, 0.1) is 0 Å². The van der Waals surface area contributed by atoms with Crippen LogP contribution < -0.4 is 15.8 Å². The van der Waals surface area contributed by atoms with Gasteiger partial charge in [0.1, 0.15) is 5.75 Å². The molecule has 0 saturated carbocycles. The maximum absolute atomic E-state index is 12.9. The maximum Gasteiger partial charge on any atom is 0.261 e. The minimum absolute atomic E-state index is 0.267. The zero-order valence-corrected chi connectivity index (χ0v) is 17.4. The Morgan fingerprint density at radius 3 is 2.58 bits per heavy atom. The van der Waals surface area contributed by atoms with Crippen molar-refractivity contribution in [3.8, 4) is 27.7 Å². The lowest BCUT2D eigenvalue weighted by molar-refractivity contribution is -0.119. The van der Waals surface area contributed by atoms with Crippen molar-refractivity contribution in [2.24, 2.45) is 12.8 Å². The molecule has 9 heteroatoms. The Kier molecular flexibility index (Phi) is 5.76. The lowest BCUT2D eigenvalue weighted by Gasteiger charge is -2.09. The summed E-state index contributed by atoms with van der Waals surface area (Å²) in [6.07, 6.45) is 3.57. The largest absolute Gasteiger partial charge is 0.483 e. The minimum Gasteiger partial charge on any atom is -0.483 e. The molecule has 0 saturated heterocycles. The van der Waals surface area contributed by atoms with Gasteiger partial charge in [0.25, 0.3) is 11.8 Å². The molecule has 0 bridgehead atoms. The number of thiazole rings is 1. The van der Waals surface area contributed by atoms with Gasteiger partial charge in [0.15, 0.2) is 17.6 Å². The van der Waals surface area contributed by atoms with Gasteiger partial charge in [-0.1, -0.05) is 53.8 Å². The number of anilines is 1. The summed E-state index contributed by atoms with van der Waals surface area (Å²) in [4.78, 5) is 33.9. The molecule has 2 amide bonds. The normalized spacial score (nSPS) is 10.6. The number of rotatable bonds is 7. The van der Waals surface area contributed by atoms with Gasteiger partial charge in [-0.25, -0.2) is 9.97 Å². The molecule has 0 radical (unpaired) electrons. The van der Waals surface area contributed by atoms with E-state index in [4.69, 9.17) is 10.5 Å². The van der Waals surface area contributed by atoms with E-state index in [1.807, 2.05) is 48.1 Å². The second-order valence-corrected chi connectivity index (χ2v) is 7.63. The molecule has 2 aromatic carbocycles. The van der Waals surface area contributed by atoms with Gasteiger partial charge in [0.2, 0.25) is 0 Å². The van der Waals surface area contributed by atoms with Crippen LogP contribution in [0.2, 0.25) is 0 Å². The summed E-state index contributed by atoms with van der Waals surface area (Å²) >= 11 is 1.33.